The lowest BCUT2D eigenvalue weighted by Crippen LogP contribution is -2.41. The van der Waals surface area contributed by atoms with Gasteiger partial charge in [-0.25, -0.2) is 15.0 Å². The molecule has 0 N–H and O–H groups in total. The van der Waals surface area contributed by atoms with Gasteiger partial charge in [-0.3, -0.25) is 0 Å². The second-order valence-electron chi connectivity index (χ2n) is 5.01. The summed E-state index contributed by atoms with van der Waals surface area (Å²) < 4.78 is 0. The van der Waals surface area contributed by atoms with Crippen molar-refractivity contribution < 1.29 is 0 Å². The molecule has 3 aliphatic rings. The maximum atomic E-state index is 4.03. The molecular weight excluding hydrogens is 224 g/mol. The summed E-state index contributed by atoms with van der Waals surface area (Å²) in [6, 6.07) is 3.80. The van der Waals surface area contributed by atoms with Crippen LogP contribution in [0.4, 0.5) is 0 Å². The van der Waals surface area contributed by atoms with Crippen LogP contribution < -0.4 is 0 Å². The summed E-state index contributed by atoms with van der Waals surface area (Å²) in [6.07, 6.45) is 9.42. The number of fused-ring (bicyclic) bond motifs is 4. The Morgan fingerprint density at radius 1 is 1.06 bits per heavy atom. The highest BCUT2D eigenvalue weighted by atomic mass is 15.1. The minimum absolute atomic E-state index is 0.748. The van der Waals surface area contributed by atoms with Gasteiger partial charge in [0.15, 0.2) is 5.65 Å². The van der Waals surface area contributed by atoms with Gasteiger partial charge in [-0.15, -0.1) is 0 Å². The number of hydrogen-bond acceptors (Lipinski definition) is 4. The zero-order chi connectivity index (χ0) is 12.2. The van der Waals surface area contributed by atoms with Crippen LogP contribution in [0.1, 0.15) is 19.3 Å². The number of nitrogens with zero attached hydrogens (tertiary/aromatic N) is 4. The van der Waals surface area contributed by atoms with Gasteiger partial charge in [0, 0.05) is 17.8 Å². The second kappa shape index (κ2) is 5.40. The molecule has 94 valence electrons. The smallest absolute Gasteiger partial charge is 0.162 e. The quantitative estimate of drug-likeness (QED) is 0.709. The van der Waals surface area contributed by atoms with Crippen molar-refractivity contribution in [2.45, 2.75) is 19.3 Å². The van der Waals surface area contributed by atoms with Gasteiger partial charge >= 0.3 is 0 Å². The van der Waals surface area contributed by atoms with E-state index in [1.165, 1.54) is 45.2 Å². The summed E-state index contributed by atoms with van der Waals surface area (Å²) in [5.74, 6) is 1.11. The topological polar surface area (TPSA) is 41.9 Å². The molecule has 3 aliphatic heterocycles. The van der Waals surface area contributed by atoms with Crippen molar-refractivity contribution in [2.75, 3.05) is 19.6 Å². The van der Waals surface area contributed by atoms with Crippen molar-refractivity contribution in [3.8, 4) is 0 Å². The Hall–Kier alpha value is -1.55. The Morgan fingerprint density at radius 2 is 1.83 bits per heavy atom. The van der Waals surface area contributed by atoms with Gasteiger partial charge in [0.2, 0.25) is 0 Å². The molecular formula is C14H18N4. The van der Waals surface area contributed by atoms with Gasteiger partial charge in [-0.1, -0.05) is 0 Å². The van der Waals surface area contributed by atoms with E-state index in [2.05, 4.69) is 19.9 Å². The average molecular weight is 242 g/mol. The van der Waals surface area contributed by atoms with Crippen LogP contribution in [0.5, 0.6) is 0 Å². The fourth-order valence-electron chi connectivity index (χ4n) is 2.68. The summed E-state index contributed by atoms with van der Waals surface area (Å²) in [6.45, 7) is 4.18. The number of piperidine rings is 3. The summed E-state index contributed by atoms with van der Waals surface area (Å²) in [5, 5.41) is 0.977. The SMILES string of the molecule is C1CN2CCC1CC2.c1cnc2ncncc2c1. The molecule has 0 aliphatic carbocycles. The first-order valence-electron chi connectivity index (χ1n) is 6.65. The van der Waals surface area contributed by atoms with Crippen molar-refractivity contribution in [3.05, 3.63) is 30.9 Å². The standard InChI is InChI=1S/C7H5N3.C7H13N/c1-2-6-4-8-5-10-7(6)9-3-1;1-4-8-5-2-7(1)3-6-8/h1-5H;7H,1-6H2. The first-order valence-corrected chi connectivity index (χ1v) is 6.65. The Bertz CT molecular complexity index is 417. The summed E-state index contributed by atoms with van der Waals surface area (Å²) >= 11 is 0. The van der Waals surface area contributed by atoms with Crippen LogP contribution in [-0.4, -0.2) is 39.5 Å². The van der Waals surface area contributed by atoms with E-state index in [1.54, 1.807) is 12.4 Å². The number of aromatic nitrogens is 3. The Labute approximate surface area is 107 Å². The van der Waals surface area contributed by atoms with Crippen LogP contribution in [0.2, 0.25) is 0 Å². The molecule has 0 aromatic carbocycles. The van der Waals surface area contributed by atoms with Crippen LogP contribution in [0.3, 0.4) is 0 Å². The van der Waals surface area contributed by atoms with Crippen molar-refractivity contribution in [1.29, 1.82) is 0 Å². The highest BCUT2D eigenvalue weighted by Crippen LogP contribution is 2.26. The van der Waals surface area contributed by atoms with Gasteiger partial charge in [0.25, 0.3) is 0 Å². The molecule has 18 heavy (non-hydrogen) atoms. The van der Waals surface area contributed by atoms with E-state index in [0.717, 1.165) is 17.0 Å². The lowest BCUT2D eigenvalue weighted by molar-refractivity contribution is 0.111. The molecule has 4 heteroatoms. The number of rotatable bonds is 0. The van der Waals surface area contributed by atoms with Gasteiger partial charge in [0.1, 0.15) is 6.33 Å². The molecule has 5 rings (SSSR count). The van der Waals surface area contributed by atoms with E-state index < -0.39 is 0 Å². The van der Waals surface area contributed by atoms with Crippen LogP contribution >= 0.6 is 0 Å². The minimum Gasteiger partial charge on any atom is -0.303 e. The molecule has 0 unspecified atom stereocenters. The fourth-order valence-corrected chi connectivity index (χ4v) is 2.68. The van der Waals surface area contributed by atoms with Crippen LogP contribution in [0.15, 0.2) is 30.9 Å². The third kappa shape index (κ3) is 2.64. The molecule has 4 nitrogen and oxygen atoms in total. The van der Waals surface area contributed by atoms with E-state index in [-0.39, 0.29) is 0 Å². The molecule has 0 radical (unpaired) electrons. The predicted molar refractivity (Wildman–Crippen MR) is 71.1 cm³/mol. The zero-order valence-electron chi connectivity index (χ0n) is 10.5. The average Bonchev–Trinajstić information content (AvgIpc) is 2.50. The van der Waals surface area contributed by atoms with Gasteiger partial charge in [-0.2, -0.15) is 0 Å². The minimum atomic E-state index is 0.748. The van der Waals surface area contributed by atoms with Crippen molar-refractivity contribution in [1.82, 2.24) is 19.9 Å². The largest absolute Gasteiger partial charge is 0.303 e. The van der Waals surface area contributed by atoms with E-state index in [1.807, 2.05) is 12.1 Å². The highest BCUT2D eigenvalue weighted by molar-refractivity contribution is 5.72. The summed E-state index contributed by atoms with van der Waals surface area (Å²) in [5.41, 5.74) is 0.748. The zero-order valence-corrected chi connectivity index (χ0v) is 10.5. The Balaban J connectivity index is 0.000000114. The number of hydrogen-bond donors (Lipinski definition) is 0. The predicted octanol–water partition coefficient (Wildman–Crippen LogP) is 2.13. The first-order chi connectivity index (χ1) is 8.92. The van der Waals surface area contributed by atoms with Crippen molar-refractivity contribution in [3.63, 3.8) is 0 Å². The molecule has 2 bridgehead atoms. The molecule has 3 fully saturated rings. The van der Waals surface area contributed by atoms with Gasteiger partial charge in [-0.05, 0) is 56.9 Å². The Morgan fingerprint density at radius 3 is 2.39 bits per heavy atom. The van der Waals surface area contributed by atoms with E-state index in [4.69, 9.17) is 0 Å². The fraction of sp³-hybridized carbons (Fsp3) is 0.500. The van der Waals surface area contributed by atoms with Crippen LogP contribution in [0.25, 0.3) is 11.0 Å². The summed E-state index contributed by atoms with van der Waals surface area (Å²) in [4.78, 5) is 14.4. The van der Waals surface area contributed by atoms with Crippen LogP contribution in [-0.2, 0) is 0 Å². The molecule has 3 saturated heterocycles. The third-order valence-corrected chi connectivity index (χ3v) is 3.84. The monoisotopic (exact) mass is 242 g/mol. The van der Waals surface area contributed by atoms with E-state index in [9.17, 15) is 0 Å². The molecule has 0 spiro atoms. The van der Waals surface area contributed by atoms with E-state index >= 15 is 0 Å². The second-order valence-corrected chi connectivity index (χ2v) is 5.01. The van der Waals surface area contributed by atoms with Crippen LogP contribution in [0, 0.1) is 5.92 Å². The van der Waals surface area contributed by atoms with E-state index in [0.29, 0.717) is 0 Å². The lowest BCUT2D eigenvalue weighted by Gasteiger charge is -2.38. The number of pyridine rings is 1. The molecule has 0 saturated carbocycles. The van der Waals surface area contributed by atoms with Gasteiger partial charge in [0.05, 0.1) is 0 Å². The molecule has 5 heterocycles. The first kappa shape index (κ1) is 11.5. The molecule has 2 aromatic heterocycles. The summed E-state index contributed by atoms with van der Waals surface area (Å²) in [7, 11) is 0. The third-order valence-electron chi connectivity index (χ3n) is 3.84. The van der Waals surface area contributed by atoms with Gasteiger partial charge < -0.3 is 4.90 Å². The normalized spacial score (nSPS) is 25.6. The van der Waals surface area contributed by atoms with Crippen molar-refractivity contribution >= 4 is 11.0 Å². The lowest BCUT2D eigenvalue weighted by atomic mass is 9.89. The highest BCUT2D eigenvalue weighted by Gasteiger charge is 2.24. The maximum absolute atomic E-state index is 4.03. The molecule has 0 amide bonds. The maximum Gasteiger partial charge on any atom is 0.162 e. The molecule has 0 atom stereocenters. The Kier molecular flexibility index (Phi) is 3.46. The van der Waals surface area contributed by atoms with Crippen molar-refractivity contribution in [2.24, 2.45) is 5.92 Å². The molecule has 2 aromatic rings.